The fraction of sp³-hybridized carbons (Fsp3) is 0.0625. The maximum Gasteiger partial charge on any atom is 0.192 e. The van der Waals surface area contributed by atoms with Crippen LogP contribution in [-0.4, -0.2) is 24.6 Å². The number of aromatic amines is 1. The molecule has 0 unspecified atom stereocenters. The number of benzene rings is 1. The van der Waals surface area contributed by atoms with Crippen LogP contribution in [0.3, 0.4) is 0 Å². The number of hydrogen-bond acceptors (Lipinski definition) is 5. The largest absolute Gasteiger partial charge is 0.354 e. The molecule has 0 aliphatic rings. The molecule has 2 heterocycles. The Hall–Kier alpha value is -3.12. The van der Waals surface area contributed by atoms with Crippen molar-refractivity contribution >= 4 is 20.7 Å². The molecular formula is C16H9F2N3O3S. The van der Waals surface area contributed by atoms with Crippen LogP contribution in [0, 0.1) is 23.0 Å². The molecule has 0 saturated heterocycles. The van der Waals surface area contributed by atoms with E-state index in [2.05, 4.69) is 9.97 Å². The summed E-state index contributed by atoms with van der Waals surface area (Å²) in [4.78, 5) is 18.3. The molecule has 126 valence electrons. The van der Waals surface area contributed by atoms with E-state index < -0.39 is 26.9 Å². The quantitative estimate of drug-likeness (QED) is 0.753. The monoisotopic (exact) mass is 361 g/mol. The summed E-state index contributed by atoms with van der Waals surface area (Å²) in [6, 6.07) is 5.46. The predicted molar refractivity (Wildman–Crippen MR) is 85.5 cm³/mol. The van der Waals surface area contributed by atoms with E-state index in [4.69, 9.17) is 5.26 Å². The Kier molecular flexibility index (Phi) is 3.85. The number of nitrogens with zero attached hydrogens (tertiary/aromatic N) is 2. The molecule has 0 saturated carbocycles. The van der Waals surface area contributed by atoms with Gasteiger partial charge in [0.15, 0.2) is 15.3 Å². The van der Waals surface area contributed by atoms with Crippen LogP contribution >= 0.6 is 0 Å². The van der Waals surface area contributed by atoms with E-state index >= 15 is 0 Å². The van der Waals surface area contributed by atoms with Crippen LogP contribution in [0.2, 0.25) is 0 Å². The van der Waals surface area contributed by atoms with Crippen molar-refractivity contribution in [2.24, 2.45) is 0 Å². The van der Waals surface area contributed by atoms with Gasteiger partial charge in [0.1, 0.15) is 23.4 Å². The molecule has 0 amide bonds. The Morgan fingerprint density at radius 2 is 1.92 bits per heavy atom. The summed E-state index contributed by atoms with van der Waals surface area (Å²) < 4.78 is 51.2. The number of halogens is 2. The lowest BCUT2D eigenvalue weighted by molar-refractivity contribution is 0.591. The zero-order chi connectivity index (χ0) is 18.4. The first-order valence-electron chi connectivity index (χ1n) is 6.83. The number of aromatic nitrogens is 2. The Balaban J connectivity index is 2.42. The minimum Gasteiger partial charge on any atom is -0.354 e. The first-order chi connectivity index (χ1) is 11.7. The molecule has 0 aliphatic carbocycles. The third-order valence-electron chi connectivity index (χ3n) is 3.52. The van der Waals surface area contributed by atoms with Crippen LogP contribution in [0.15, 0.2) is 40.2 Å². The lowest BCUT2D eigenvalue weighted by Gasteiger charge is -2.10. The minimum atomic E-state index is -3.73. The van der Waals surface area contributed by atoms with Gasteiger partial charge in [0.2, 0.25) is 0 Å². The predicted octanol–water partition coefficient (Wildman–Crippen LogP) is 2.14. The molecule has 3 aromatic rings. The minimum absolute atomic E-state index is 0.00169. The first kappa shape index (κ1) is 16.7. The van der Waals surface area contributed by atoms with E-state index in [1.165, 1.54) is 6.07 Å². The van der Waals surface area contributed by atoms with Gasteiger partial charge in [-0.05, 0) is 12.1 Å². The van der Waals surface area contributed by atoms with Gasteiger partial charge < -0.3 is 4.98 Å². The van der Waals surface area contributed by atoms with Crippen molar-refractivity contribution in [1.29, 1.82) is 5.26 Å². The van der Waals surface area contributed by atoms with Crippen LogP contribution in [0.4, 0.5) is 8.78 Å². The fourth-order valence-electron chi connectivity index (χ4n) is 2.46. The molecule has 1 aromatic carbocycles. The van der Waals surface area contributed by atoms with Gasteiger partial charge in [0.25, 0.3) is 0 Å². The highest BCUT2D eigenvalue weighted by Gasteiger charge is 2.19. The lowest BCUT2D eigenvalue weighted by Crippen LogP contribution is -2.08. The number of nitrogens with one attached hydrogen (secondary N) is 1. The van der Waals surface area contributed by atoms with E-state index in [9.17, 15) is 22.0 Å². The lowest BCUT2D eigenvalue weighted by atomic mass is 10.1. The van der Waals surface area contributed by atoms with Gasteiger partial charge in [-0.2, -0.15) is 5.26 Å². The number of nitriles is 1. The van der Waals surface area contributed by atoms with E-state index in [0.29, 0.717) is 6.07 Å². The highest BCUT2D eigenvalue weighted by atomic mass is 32.2. The molecule has 2 aromatic heterocycles. The molecule has 0 atom stereocenters. The molecule has 25 heavy (non-hydrogen) atoms. The molecule has 0 radical (unpaired) electrons. The Bertz CT molecular complexity index is 1230. The number of hydrogen-bond donors (Lipinski definition) is 1. The number of sulfone groups is 1. The van der Waals surface area contributed by atoms with Gasteiger partial charge in [0, 0.05) is 30.1 Å². The van der Waals surface area contributed by atoms with Gasteiger partial charge in [-0.25, -0.2) is 22.2 Å². The van der Waals surface area contributed by atoms with Gasteiger partial charge in [-0.15, -0.1) is 0 Å². The van der Waals surface area contributed by atoms with Crippen molar-refractivity contribution in [2.75, 3.05) is 6.26 Å². The zero-order valence-corrected chi connectivity index (χ0v) is 13.5. The maximum atomic E-state index is 13.8. The number of pyridine rings is 2. The van der Waals surface area contributed by atoms with Crippen LogP contribution in [0.5, 0.6) is 0 Å². The molecule has 1 N–H and O–H groups in total. The topological polar surface area (TPSA) is 104 Å². The Morgan fingerprint density at radius 1 is 1.20 bits per heavy atom. The van der Waals surface area contributed by atoms with Crippen molar-refractivity contribution in [3.63, 3.8) is 0 Å². The zero-order valence-electron chi connectivity index (χ0n) is 12.7. The van der Waals surface area contributed by atoms with Gasteiger partial charge in [0.05, 0.1) is 21.5 Å². The summed E-state index contributed by atoms with van der Waals surface area (Å²) in [5.41, 5.74) is -0.945. The van der Waals surface area contributed by atoms with E-state index in [1.807, 2.05) is 0 Å². The normalized spacial score (nSPS) is 11.4. The van der Waals surface area contributed by atoms with Crippen molar-refractivity contribution in [3.05, 3.63) is 58.0 Å². The number of fused-ring (bicyclic) bond motifs is 1. The standard InChI is InChI=1S/C16H9F2N3O3S/c1-25(23,24)15-7-20-9(6-19)4-10(15)12-5-14(22)16-11(18)2-8(17)3-13(16)21-12/h2-5,7H,1H3,(H,21,22). The molecule has 0 aliphatic heterocycles. The summed E-state index contributed by atoms with van der Waals surface area (Å²) in [6.07, 6.45) is 1.94. The molecule has 3 rings (SSSR count). The van der Waals surface area contributed by atoms with Crippen LogP contribution in [0.1, 0.15) is 5.69 Å². The first-order valence-corrected chi connectivity index (χ1v) is 8.72. The van der Waals surface area contributed by atoms with E-state index in [-0.39, 0.29) is 32.7 Å². The van der Waals surface area contributed by atoms with Crippen molar-refractivity contribution in [2.45, 2.75) is 4.90 Å². The second kappa shape index (κ2) is 5.75. The second-order valence-corrected chi connectivity index (χ2v) is 7.29. The highest BCUT2D eigenvalue weighted by molar-refractivity contribution is 7.90. The molecule has 0 fully saturated rings. The molecule has 6 nitrogen and oxygen atoms in total. The van der Waals surface area contributed by atoms with E-state index in [1.54, 1.807) is 6.07 Å². The molecule has 0 bridgehead atoms. The van der Waals surface area contributed by atoms with Crippen molar-refractivity contribution in [3.8, 4) is 17.3 Å². The van der Waals surface area contributed by atoms with Crippen molar-refractivity contribution in [1.82, 2.24) is 9.97 Å². The third-order valence-corrected chi connectivity index (χ3v) is 4.64. The average Bonchev–Trinajstić information content (AvgIpc) is 2.52. The summed E-state index contributed by atoms with van der Waals surface area (Å²) >= 11 is 0. The van der Waals surface area contributed by atoms with Crippen LogP contribution < -0.4 is 5.43 Å². The molecule has 0 spiro atoms. The fourth-order valence-corrected chi connectivity index (χ4v) is 3.27. The van der Waals surface area contributed by atoms with Crippen LogP contribution in [0.25, 0.3) is 22.2 Å². The maximum absolute atomic E-state index is 13.8. The molecular weight excluding hydrogens is 352 g/mol. The van der Waals surface area contributed by atoms with Crippen molar-refractivity contribution < 1.29 is 17.2 Å². The SMILES string of the molecule is CS(=O)(=O)c1cnc(C#N)cc1-c1cc(=O)c2c(F)cc(F)cc2[nH]1. The Morgan fingerprint density at radius 3 is 2.56 bits per heavy atom. The van der Waals surface area contributed by atoms with E-state index in [0.717, 1.165) is 24.6 Å². The number of rotatable bonds is 2. The smallest absolute Gasteiger partial charge is 0.192 e. The number of H-pyrrole nitrogens is 1. The summed E-state index contributed by atoms with van der Waals surface area (Å²) in [5.74, 6) is -1.92. The van der Waals surface area contributed by atoms with Gasteiger partial charge in [-0.1, -0.05) is 0 Å². The third kappa shape index (κ3) is 2.99. The Labute approximate surface area is 140 Å². The van der Waals surface area contributed by atoms with Crippen LogP contribution in [-0.2, 0) is 9.84 Å². The highest BCUT2D eigenvalue weighted by Crippen LogP contribution is 2.27. The molecule has 9 heteroatoms. The summed E-state index contributed by atoms with van der Waals surface area (Å²) in [7, 11) is -3.73. The average molecular weight is 361 g/mol. The van der Waals surface area contributed by atoms with Gasteiger partial charge >= 0.3 is 0 Å². The summed E-state index contributed by atoms with van der Waals surface area (Å²) in [5, 5.41) is 8.62. The van der Waals surface area contributed by atoms with Gasteiger partial charge in [-0.3, -0.25) is 4.79 Å². The second-order valence-electron chi connectivity index (χ2n) is 5.31. The summed E-state index contributed by atoms with van der Waals surface area (Å²) in [6.45, 7) is 0.